The van der Waals surface area contributed by atoms with E-state index in [0.29, 0.717) is 0 Å². The third-order valence-corrected chi connectivity index (χ3v) is 4.87. The summed E-state index contributed by atoms with van der Waals surface area (Å²) in [5.74, 6) is 0.819. The molecule has 0 aromatic heterocycles. The third-order valence-electron chi connectivity index (χ3n) is 4.35. The van der Waals surface area contributed by atoms with Gasteiger partial charge >= 0.3 is 7.82 Å². The smallest absolute Gasteiger partial charge is 0.317 e. The fourth-order valence-electron chi connectivity index (χ4n) is 2.63. The summed E-state index contributed by atoms with van der Waals surface area (Å²) in [6.45, 7) is 11.5. The Bertz CT molecular complexity index is 315. The average Bonchev–Trinajstić information content (AvgIpc) is 2.59. The van der Waals surface area contributed by atoms with Gasteiger partial charge in [-0.05, 0) is 38.3 Å². The van der Waals surface area contributed by atoms with Gasteiger partial charge in [0.15, 0.2) is 0 Å². The molecule has 5 nitrogen and oxygen atoms in total. The normalized spacial score (nSPS) is 11.5. The minimum Gasteiger partial charge on any atom is -0.317 e. The molecule has 0 aliphatic carbocycles. The second-order valence-corrected chi connectivity index (χ2v) is 9.03. The number of hydrogen-bond donors (Lipinski definition) is 3. The number of rotatable bonds is 18. The minimum absolute atomic E-state index is 0.165. The van der Waals surface area contributed by atoms with E-state index in [4.69, 9.17) is 9.79 Å². The van der Waals surface area contributed by atoms with E-state index in [-0.39, 0.29) is 6.61 Å². The second kappa shape index (κ2) is 22.4. The number of hydrogen-bond acceptors (Lipinski definition) is 3. The quantitative estimate of drug-likeness (QED) is 0.179. The second-order valence-electron chi connectivity index (χ2n) is 7.79. The van der Waals surface area contributed by atoms with Crippen molar-refractivity contribution in [3.8, 4) is 0 Å². The highest BCUT2D eigenvalue weighted by Gasteiger charge is 2.12. The maximum absolute atomic E-state index is 10.4. The molecule has 0 bridgehead atoms. The first kappa shape index (κ1) is 29.3. The van der Waals surface area contributed by atoms with E-state index >= 15 is 0 Å². The van der Waals surface area contributed by atoms with Gasteiger partial charge in [-0.15, -0.1) is 0 Å². The highest BCUT2D eigenvalue weighted by molar-refractivity contribution is 7.46. The van der Waals surface area contributed by atoms with Gasteiger partial charge in [0.25, 0.3) is 0 Å². The first-order valence-electron chi connectivity index (χ1n) is 11.2. The van der Waals surface area contributed by atoms with Crippen LogP contribution >= 0.6 is 7.82 Å². The lowest BCUT2D eigenvalue weighted by Crippen LogP contribution is -2.15. The summed E-state index contributed by atoms with van der Waals surface area (Å²) in [6.07, 6.45) is 15.9. The van der Waals surface area contributed by atoms with Crippen LogP contribution in [0.4, 0.5) is 0 Å². The summed E-state index contributed by atoms with van der Waals surface area (Å²) < 4.78 is 14.8. The van der Waals surface area contributed by atoms with Gasteiger partial charge in [-0.3, -0.25) is 4.52 Å². The zero-order valence-electron chi connectivity index (χ0n) is 18.5. The Morgan fingerprint density at radius 2 is 1.22 bits per heavy atom. The molecular weight excluding hydrogens is 361 g/mol. The van der Waals surface area contributed by atoms with Crippen LogP contribution in [0.2, 0.25) is 0 Å². The van der Waals surface area contributed by atoms with Gasteiger partial charge in [-0.1, -0.05) is 91.9 Å². The van der Waals surface area contributed by atoms with E-state index in [9.17, 15) is 4.57 Å². The topological polar surface area (TPSA) is 78.8 Å². The van der Waals surface area contributed by atoms with Crippen molar-refractivity contribution in [1.82, 2.24) is 5.32 Å². The fraction of sp³-hybridized carbons (Fsp3) is 1.00. The van der Waals surface area contributed by atoms with E-state index in [0.717, 1.165) is 25.2 Å². The molecule has 0 aliphatic heterocycles. The minimum atomic E-state index is -4.25. The molecule has 0 saturated heterocycles. The van der Waals surface area contributed by atoms with E-state index in [1.165, 1.54) is 77.3 Å². The molecular formula is C21H48NO4P. The summed E-state index contributed by atoms with van der Waals surface area (Å²) in [7, 11) is -4.25. The molecule has 0 heterocycles. The number of phosphoric acid groups is 1. The van der Waals surface area contributed by atoms with Crippen LogP contribution in [0.1, 0.15) is 111 Å². The van der Waals surface area contributed by atoms with E-state index in [1.807, 2.05) is 0 Å². The molecule has 0 aromatic rings. The van der Waals surface area contributed by atoms with Crippen LogP contribution in [0.5, 0.6) is 0 Å². The van der Waals surface area contributed by atoms with Crippen molar-refractivity contribution < 1.29 is 18.9 Å². The molecule has 166 valence electrons. The Kier molecular flexibility index (Phi) is 24.2. The van der Waals surface area contributed by atoms with Crippen LogP contribution in [-0.4, -0.2) is 29.5 Å². The molecule has 0 amide bonds. The number of nitrogens with one attached hydrogen (secondary N) is 1. The standard InChI is InChI=1S/C13H29O4P.C8H19N/c1-13(2)11-9-7-5-3-4-6-8-10-12-17-18(14,15)16;1-3-5-7-9-8-6-4-2/h13H,3-12H2,1-2H3,(H2,14,15,16);9H,3-8H2,1-2H3. The van der Waals surface area contributed by atoms with E-state index in [1.54, 1.807) is 0 Å². The molecule has 0 aliphatic rings. The third kappa shape index (κ3) is 34.0. The molecule has 0 rings (SSSR count). The summed E-state index contributed by atoms with van der Waals surface area (Å²) in [6, 6.07) is 0. The van der Waals surface area contributed by atoms with Crippen molar-refractivity contribution in [3.05, 3.63) is 0 Å². The Balaban J connectivity index is 0. The van der Waals surface area contributed by atoms with Gasteiger partial charge in [-0.25, -0.2) is 4.57 Å². The lowest BCUT2D eigenvalue weighted by atomic mass is 10.0. The average molecular weight is 410 g/mol. The van der Waals surface area contributed by atoms with Crippen LogP contribution < -0.4 is 5.32 Å². The summed E-state index contributed by atoms with van der Waals surface area (Å²) >= 11 is 0. The van der Waals surface area contributed by atoms with Crippen molar-refractivity contribution in [2.45, 2.75) is 111 Å². The van der Waals surface area contributed by atoms with E-state index in [2.05, 4.69) is 37.5 Å². The maximum atomic E-state index is 10.4. The molecule has 0 fully saturated rings. The molecule has 0 saturated carbocycles. The maximum Gasteiger partial charge on any atom is 0.469 e. The zero-order chi connectivity index (χ0) is 20.8. The largest absolute Gasteiger partial charge is 0.469 e. The van der Waals surface area contributed by atoms with Gasteiger partial charge in [0.2, 0.25) is 0 Å². The Hall–Kier alpha value is 0.0700. The number of phosphoric ester groups is 1. The summed E-state index contributed by atoms with van der Waals surface area (Å²) in [5.41, 5.74) is 0. The highest BCUT2D eigenvalue weighted by Crippen LogP contribution is 2.35. The molecule has 6 heteroatoms. The molecule has 3 N–H and O–H groups in total. The Morgan fingerprint density at radius 3 is 1.63 bits per heavy atom. The SMILES string of the molecule is CC(C)CCCCCCCCCCOP(=O)(O)O.CCCCNCCCC. The Morgan fingerprint density at radius 1 is 0.778 bits per heavy atom. The molecule has 0 aromatic carbocycles. The molecule has 27 heavy (non-hydrogen) atoms. The van der Waals surface area contributed by atoms with Crippen LogP contribution in [-0.2, 0) is 9.09 Å². The first-order chi connectivity index (χ1) is 12.8. The molecule has 0 radical (unpaired) electrons. The van der Waals surface area contributed by atoms with Crippen molar-refractivity contribution in [3.63, 3.8) is 0 Å². The lowest BCUT2D eigenvalue weighted by Gasteiger charge is -2.05. The van der Waals surface area contributed by atoms with E-state index < -0.39 is 7.82 Å². The van der Waals surface area contributed by atoms with Crippen LogP contribution in [0.15, 0.2) is 0 Å². The van der Waals surface area contributed by atoms with Crippen LogP contribution in [0, 0.1) is 5.92 Å². The molecule has 0 atom stereocenters. The van der Waals surface area contributed by atoms with Crippen LogP contribution in [0.3, 0.4) is 0 Å². The molecule has 0 unspecified atom stereocenters. The highest BCUT2D eigenvalue weighted by atomic mass is 31.2. The predicted molar refractivity (Wildman–Crippen MR) is 117 cm³/mol. The fourth-order valence-corrected chi connectivity index (χ4v) is 2.99. The van der Waals surface area contributed by atoms with Gasteiger partial charge in [0, 0.05) is 0 Å². The molecule has 0 spiro atoms. The summed E-state index contributed by atoms with van der Waals surface area (Å²) in [4.78, 5) is 16.9. The monoisotopic (exact) mass is 409 g/mol. The summed E-state index contributed by atoms with van der Waals surface area (Å²) in [5, 5.41) is 3.39. The van der Waals surface area contributed by atoms with Gasteiger partial charge < -0.3 is 15.1 Å². The Labute approximate surface area is 169 Å². The lowest BCUT2D eigenvalue weighted by molar-refractivity contribution is 0.193. The van der Waals surface area contributed by atoms with Gasteiger partial charge in [0.05, 0.1) is 6.61 Å². The zero-order valence-corrected chi connectivity index (χ0v) is 19.4. The predicted octanol–water partition coefficient (Wildman–Crippen LogP) is 6.44. The first-order valence-corrected chi connectivity index (χ1v) is 12.8. The van der Waals surface area contributed by atoms with Crippen molar-refractivity contribution >= 4 is 7.82 Å². The van der Waals surface area contributed by atoms with Gasteiger partial charge in [0.1, 0.15) is 0 Å². The van der Waals surface area contributed by atoms with Crippen molar-refractivity contribution in [2.24, 2.45) is 5.92 Å². The number of unbranched alkanes of at least 4 members (excludes halogenated alkanes) is 9. The van der Waals surface area contributed by atoms with Crippen molar-refractivity contribution in [1.29, 1.82) is 0 Å². The van der Waals surface area contributed by atoms with Gasteiger partial charge in [-0.2, -0.15) is 0 Å². The van der Waals surface area contributed by atoms with Crippen molar-refractivity contribution in [2.75, 3.05) is 19.7 Å². The van der Waals surface area contributed by atoms with Crippen LogP contribution in [0.25, 0.3) is 0 Å².